The van der Waals surface area contributed by atoms with Crippen LogP contribution in [-0.4, -0.2) is 25.2 Å². The molecule has 0 unspecified atom stereocenters. The number of hydrogen-bond acceptors (Lipinski definition) is 2. The first-order chi connectivity index (χ1) is 14.8. The molecule has 0 aliphatic heterocycles. The Morgan fingerprint density at radius 3 is 1.60 bits per heavy atom. The fraction of sp³-hybridized carbons (Fsp3) is 0.269. The normalized spacial score (nSPS) is 11.2. The summed E-state index contributed by atoms with van der Waals surface area (Å²) < 4.78 is 0. The monoisotopic (exact) mass is 419 g/mol. The average Bonchev–Trinajstić information content (AvgIpc) is 2.81. The van der Waals surface area contributed by atoms with E-state index in [2.05, 4.69) is 96.3 Å². The smallest absolute Gasteiger partial charge is 0.219 e. The molecule has 0 aliphatic rings. The van der Waals surface area contributed by atoms with Crippen molar-refractivity contribution in [1.29, 1.82) is 0 Å². The Morgan fingerprint density at radius 2 is 1.17 bits per heavy atom. The van der Waals surface area contributed by atoms with Gasteiger partial charge in [-0.05, 0) is 62.2 Å². The van der Waals surface area contributed by atoms with Gasteiger partial charge in [0.25, 0.3) is 0 Å². The van der Waals surface area contributed by atoms with Crippen LogP contribution in [0.25, 0.3) is 0 Å². The average molecular weight is 420 g/mol. The Morgan fingerprint density at radius 1 is 0.700 bits per heavy atom. The highest BCUT2D eigenvalue weighted by molar-refractivity contribution is 7.95. The Hall–Kier alpha value is -2.48. The van der Waals surface area contributed by atoms with Gasteiger partial charge in [-0.1, -0.05) is 54.6 Å². The minimum absolute atomic E-state index is 0.131. The van der Waals surface area contributed by atoms with E-state index in [1.54, 1.807) is 0 Å². The number of benzene rings is 3. The fourth-order valence-electron chi connectivity index (χ4n) is 3.93. The van der Waals surface area contributed by atoms with Crippen molar-refractivity contribution in [3.8, 4) is 0 Å². The maximum absolute atomic E-state index is 12.1. The zero-order valence-corrected chi connectivity index (χ0v) is 18.4. The molecule has 4 heteroatoms. The maximum atomic E-state index is 12.1. The summed E-state index contributed by atoms with van der Waals surface area (Å²) in [6.45, 7) is 1.28. The molecule has 0 bridgehead atoms. The lowest BCUT2D eigenvalue weighted by molar-refractivity contribution is -0.121. The van der Waals surface area contributed by atoms with Gasteiger partial charge in [0.2, 0.25) is 5.91 Å². The van der Waals surface area contributed by atoms with Gasteiger partial charge in [0, 0.05) is 13.0 Å². The van der Waals surface area contributed by atoms with Gasteiger partial charge in [-0.3, -0.25) is 4.79 Å². The Kier molecular flexibility index (Phi) is 8.62. The van der Waals surface area contributed by atoms with Gasteiger partial charge in [-0.2, -0.15) is 0 Å². The lowest BCUT2D eigenvalue weighted by Gasteiger charge is -2.27. The number of unbranched alkanes of at least 4 members (excludes halogenated alkanes) is 1. The van der Waals surface area contributed by atoms with Crippen molar-refractivity contribution in [3.05, 3.63) is 91.0 Å². The highest BCUT2D eigenvalue weighted by Gasteiger charge is 2.44. The molecule has 0 atom stereocenters. The number of nitrogens with two attached hydrogens (primary N) is 1. The molecule has 0 saturated carbocycles. The molecule has 0 aromatic heterocycles. The molecule has 3 rings (SSSR count). The molecule has 0 spiro atoms. The summed E-state index contributed by atoms with van der Waals surface area (Å²) in [4.78, 5) is 12.1. The topological polar surface area (TPSA) is 55.1 Å². The first kappa shape index (κ1) is 22.2. The van der Waals surface area contributed by atoms with E-state index in [4.69, 9.17) is 5.73 Å². The first-order valence-electron chi connectivity index (χ1n) is 10.8. The largest absolute Gasteiger partial charge is 0.356 e. The third-order valence-corrected chi connectivity index (χ3v) is 9.97. The fourth-order valence-corrected chi connectivity index (χ4v) is 8.34. The number of carbonyl (C=O) groups excluding carboxylic acids is 1. The van der Waals surface area contributed by atoms with Crippen LogP contribution < -0.4 is 27.0 Å². The summed E-state index contributed by atoms with van der Waals surface area (Å²) in [5.41, 5.74) is 5.50. The summed E-state index contributed by atoms with van der Waals surface area (Å²) in [7, 11) is -1.79. The van der Waals surface area contributed by atoms with E-state index in [9.17, 15) is 4.79 Å². The maximum Gasteiger partial charge on any atom is 0.219 e. The highest BCUT2D eigenvalue weighted by atomic mass is 31.2. The van der Waals surface area contributed by atoms with Crippen molar-refractivity contribution in [2.75, 3.05) is 19.3 Å². The standard InChI is InChI=1S/C26H31N2OP/c27-20-12-21-28-26(29)19-10-11-22-30(23-13-4-1-5-14-23,24-15-6-2-7-16-24)25-17-8-3-9-18-25/h1-9,13-18H,10-12,19-22,27H2/p+1. The second-order valence-corrected chi connectivity index (χ2v) is 11.1. The van der Waals surface area contributed by atoms with E-state index in [-0.39, 0.29) is 5.91 Å². The summed E-state index contributed by atoms with van der Waals surface area (Å²) in [5.74, 6) is 0.131. The molecule has 0 fully saturated rings. The minimum atomic E-state index is -1.79. The third kappa shape index (κ3) is 5.56. The van der Waals surface area contributed by atoms with Gasteiger partial charge >= 0.3 is 0 Å². The highest BCUT2D eigenvalue weighted by Crippen LogP contribution is 2.55. The van der Waals surface area contributed by atoms with Crippen molar-refractivity contribution < 1.29 is 4.79 Å². The van der Waals surface area contributed by atoms with Crippen LogP contribution in [0.1, 0.15) is 25.7 Å². The van der Waals surface area contributed by atoms with Crippen LogP contribution in [0.2, 0.25) is 0 Å². The van der Waals surface area contributed by atoms with Crippen molar-refractivity contribution in [1.82, 2.24) is 5.32 Å². The van der Waals surface area contributed by atoms with Crippen LogP contribution in [0.3, 0.4) is 0 Å². The van der Waals surface area contributed by atoms with Crippen LogP contribution in [0.15, 0.2) is 91.0 Å². The van der Waals surface area contributed by atoms with Gasteiger partial charge < -0.3 is 11.1 Å². The predicted molar refractivity (Wildman–Crippen MR) is 131 cm³/mol. The van der Waals surface area contributed by atoms with Crippen molar-refractivity contribution in [2.24, 2.45) is 5.73 Å². The molecule has 3 aromatic carbocycles. The number of rotatable bonds is 11. The SMILES string of the molecule is NCCCNC(=O)CCCC[P+](c1ccccc1)(c1ccccc1)c1ccccc1. The van der Waals surface area contributed by atoms with Crippen molar-refractivity contribution in [3.63, 3.8) is 0 Å². The van der Waals surface area contributed by atoms with Crippen LogP contribution in [0.4, 0.5) is 0 Å². The second-order valence-electron chi connectivity index (χ2n) is 7.49. The van der Waals surface area contributed by atoms with E-state index in [0.29, 0.717) is 19.5 Å². The number of nitrogens with one attached hydrogen (secondary N) is 1. The Labute approximate surface area is 181 Å². The van der Waals surface area contributed by atoms with Crippen molar-refractivity contribution >= 4 is 29.1 Å². The molecule has 0 saturated heterocycles. The molecular formula is C26H32N2OP+. The predicted octanol–water partition coefficient (Wildman–Crippen LogP) is 3.62. The molecule has 3 aromatic rings. The van der Waals surface area contributed by atoms with Crippen LogP contribution >= 0.6 is 7.26 Å². The lowest BCUT2D eigenvalue weighted by Crippen LogP contribution is -2.33. The number of carbonyl (C=O) groups is 1. The third-order valence-electron chi connectivity index (χ3n) is 5.44. The second kappa shape index (κ2) is 11.6. The Balaban J connectivity index is 1.85. The quantitative estimate of drug-likeness (QED) is 0.368. The minimum Gasteiger partial charge on any atom is -0.356 e. The van der Waals surface area contributed by atoms with Gasteiger partial charge in [0.15, 0.2) is 0 Å². The van der Waals surface area contributed by atoms with E-state index < -0.39 is 7.26 Å². The van der Waals surface area contributed by atoms with E-state index >= 15 is 0 Å². The summed E-state index contributed by atoms with van der Waals surface area (Å²) in [6, 6.07) is 32.7. The lowest BCUT2D eigenvalue weighted by atomic mass is 10.2. The summed E-state index contributed by atoms with van der Waals surface area (Å²) in [6.07, 6.45) is 4.36. The molecule has 3 N–H and O–H groups in total. The van der Waals surface area contributed by atoms with Gasteiger partial charge in [-0.25, -0.2) is 0 Å². The van der Waals surface area contributed by atoms with Crippen LogP contribution in [0, 0.1) is 0 Å². The molecule has 30 heavy (non-hydrogen) atoms. The number of hydrogen-bond donors (Lipinski definition) is 2. The van der Waals surface area contributed by atoms with Gasteiger partial charge in [0.05, 0.1) is 6.16 Å². The molecule has 0 heterocycles. The van der Waals surface area contributed by atoms with Gasteiger partial charge in [0.1, 0.15) is 23.2 Å². The molecule has 1 amide bonds. The van der Waals surface area contributed by atoms with Gasteiger partial charge in [-0.15, -0.1) is 0 Å². The summed E-state index contributed by atoms with van der Waals surface area (Å²) >= 11 is 0. The van der Waals surface area contributed by atoms with Crippen LogP contribution in [0.5, 0.6) is 0 Å². The zero-order valence-electron chi connectivity index (χ0n) is 17.5. The van der Waals surface area contributed by atoms with E-state index in [1.165, 1.54) is 15.9 Å². The zero-order chi connectivity index (χ0) is 21.1. The molecule has 3 nitrogen and oxygen atoms in total. The molecule has 0 aliphatic carbocycles. The van der Waals surface area contributed by atoms with E-state index in [1.807, 2.05) is 0 Å². The Bertz CT molecular complexity index is 788. The molecular weight excluding hydrogens is 387 g/mol. The van der Waals surface area contributed by atoms with E-state index in [0.717, 1.165) is 25.4 Å². The molecule has 156 valence electrons. The summed E-state index contributed by atoms with van der Waals surface area (Å²) in [5, 5.41) is 7.16. The molecule has 0 radical (unpaired) electrons. The van der Waals surface area contributed by atoms with Crippen molar-refractivity contribution in [2.45, 2.75) is 25.7 Å². The first-order valence-corrected chi connectivity index (χ1v) is 12.8. The number of amides is 1. The van der Waals surface area contributed by atoms with Crippen LogP contribution in [-0.2, 0) is 4.79 Å².